The molecule has 1 saturated heterocycles. The molecular formula is C19H25ClF3N3O2. The molecule has 1 saturated carbocycles. The van der Waals surface area contributed by atoms with Crippen LogP contribution in [-0.4, -0.2) is 53.3 Å². The van der Waals surface area contributed by atoms with E-state index in [-0.39, 0.29) is 37.0 Å². The summed E-state index contributed by atoms with van der Waals surface area (Å²) in [5, 5.41) is 0. The van der Waals surface area contributed by atoms with E-state index in [1.807, 2.05) is 0 Å². The van der Waals surface area contributed by atoms with Crippen LogP contribution in [0.2, 0.25) is 0 Å². The highest BCUT2D eigenvalue weighted by Gasteiger charge is 2.39. The second-order valence-corrected chi connectivity index (χ2v) is 7.38. The van der Waals surface area contributed by atoms with E-state index in [9.17, 15) is 22.8 Å². The zero-order valence-corrected chi connectivity index (χ0v) is 16.3. The fourth-order valence-corrected chi connectivity index (χ4v) is 3.84. The molecule has 3 rings (SSSR count). The van der Waals surface area contributed by atoms with Gasteiger partial charge < -0.3 is 15.5 Å². The summed E-state index contributed by atoms with van der Waals surface area (Å²) >= 11 is 0. The molecule has 0 radical (unpaired) electrons. The van der Waals surface area contributed by atoms with Crippen LogP contribution in [0.3, 0.4) is 0 Å². The minimum absolute atomic E-state index is 0. The molecule has 1 aliphatic heterocycles. The van der Waals surface area contributed by atoms with Crippen molar-refractivity contribution in [3.63, 3.8) is 0 Å². The Bertz CT molecular complexity index is 713. The van der Waals surface area contributed by atoms with Gasteiger partial charge in [-0.15, -0.1) is 12.4 Å². The van der Waals surface area contributed by atoms with Gasteiger partial charge in [-0.1, -0.05) is 25.3 Å². The van der Waals surface area contributed by atoms with Crippen molar-refractivity contribution in [1.29, 1.82) is 0 Å². The third-order valence-electron chi connectivity index (χ3n) is 5.46. The predicted octanol–water partition coefficient (Wildman–Crippen LogP) is 3.07. The van der Waals surface area contributed by atoms with Crippen molar-refractivity contribution in [1.82, 2.24) is 9.80 Å². The third kappa shape index (κ3) is 4.78. The number of hydrogen-bond acceptors (Lipinski definition) is 3. The number of amides is 2. The van der Waals surface area contributed by atoms with Crippen LogP contribution in [0, 0.1) is 0 Å². The molecule has 156 valence electrons. The lowest BCUT2D eigenvalue weighted by atomic mass is 9.81. The second kappa shape index (κ2) is 8.69. The zero-order chi connectivity index (χ0) is 19.7. The molecule has 2 aliphatic rings. The summed E-state index contributed by atoms with van der Waals surface area (Å²) in [6.45, 7) is 1.28. The predicted molar refractivity (Wildman–Crippen MR) is 101 cm³/mol. The van der Waals surface area contributed by atoms with Crippen LogP contribution in [0.15, 0.2) is 24.3 Å². The molecule has 0 aromatic heterocycles. The molecule has 2 N–H and O–H groups in total. The molecule has 2 amide bonds. The van der Waals surface area contributed by atoms with Crippen LogP contribution in [0.1, 0.15) is 48.0 Å². The summed E-state index contributed by atoms with van der Waals surface area (Å²) < 4.78 is 38.5. The van der Waals surface area contributed by atoms with Gasteiger partial charge in [-0.3, -0.25) is 9.59 Å². The SMILES string of the molecule is Cl.NC1(C(=O)N2CCN(C(=O)c3cccc(C(F)(F)F)c3)CC2)CCCCC1. The molecule has 1 aliphatic carbocycles. The average molecular weight is 420 g/mol. The third-order valence-corrected chi connectivity index (χ3v) is 5.46. The Balaban J connectivity index is 0.00000280. The molecule has 2 fully saturated rings. The largest absolute Gasteiger partial charge is 0.416 e. The molecule has 9 heteroatoms. The van der Waals surface area contributed by atoms with E-state index in [1.165, 1.54) is 17.0 Å². The van der Waals surface area contributed by atoms with E-state index in [4.69, 9.17) is 5.73 Å². The summed E-state index contributed by atoms with van der Waals surface area (Å²) in [6, 6.07) is 4.43. The second-order valence-electron chi connectivity index (χ2n) is 7.38. The van der Waals surface area contributed by atoms with E-state index in [1.54, 1.807) is 4.90 Å². The smallest absolute Gasteiger partial charge is 0.338 e. The standard InChI is InChI=1S/C19H24F3N3O2.ClH/c20-19(21,22)15-6-4-5-14(13-15)16(26)24-9-11-25(12-10-24)17(27)18(23)7-2-1-3-8-18;/h4-6,13H,1-3,7-12,23H2;1H. The summed E-state index contributed by atoms with van der Waals surface area (Å²) in [5.74, 6) is -0.526. The number of piperazine rings is 1. The highest BCUT2D eigenvalue weighted by Crippen LogP contribution is 2.30. The molecule has 1 aromatic carbocycles. The van der Waals surface area contributed by atoms with E-state index in [2.05, 4.69) is 0 Å². The van der Waals surface area contributed by atoms with Gasteiger partial charge in [0.1, 0.15) is 0 Å². The molecule has 0 bridgehead atoms. The van der Waals surface area contributed by atoms with Crippen molar-refractivity contribution in [2.75, 3.05) is 26.2 Å². The monoisotopic (exact) mass is 419 g/mol. The van der Waals surface area contributed by atoms with Crippen molar-refractivity contribution in [3.05, 3.63) is 35.4 Å². The van der Waals surface area contributed by atoms with Crippen molar-refractivity contribution in [3.8, 4) is 0 Å². The summed E-state index contributed by atoms with van der Waals surface area (Å²) in [4.78, 5) is 28.5. The first-order valence-electron chi connectivity index (χ1n) is 9.25. The number of carbonyl (C=O) groups excluding carboxylic acids is 2. The zero-order valence-electron chi connectivity index (χ0n) is 15.5. The molecule has 0 unspecified atom stereocenters. The number of alkyl halides is 3. The first-order valence-corrected chi connectivity index (χ1v) is 9.25. The Labute approximate surface area is 168 Å². The summed E-state index contributed by atoms with van der Waals surface area (Å²) in [5.41, 5.74) is 4.65. The topological polar surface area (TPSA) is 66.6 Å². The lowest BCUT2D eigenvalue weighted by Crippen LogP contribution is -2.60. The van der Waals surface area contributed by atoms with Crippen molar-refractivity contribution in [2.45, 2.75) is 43.8 Å². The number of nitrogens with zero attached hydrogens (tertiary/aromatic N) is 2. The Kier molecular flexibility index (Phi) is 6.98. The van der Waals surface area contributed by atoms with Crippen LogP contribution in [0.25, 0.3) is 0 Å². The van der Waals surface area contributed by atoms with Gasteiger partial charge in [0.15, 0.2) is 0 Å². The van der Waals surface area contributed by atoms with E-state index >= 15 is 0 Å². The number of nitrogens with two attached hydrogens (primary N) is 1. The van der Waals surface area contributed by atoms with Gasteiger partial charge in [0.2, 0.25) is 5.91 Å². The fourth-order valence-electron chi connectivity index (χ4n) is 3.84. The average Bonchev–Trinajstić information content (AvgIpc) is 2.67. The van der Waals surface area contributed by atoms with Gasteiger partial charge in [-0.25, -0.2) is 0 Å². The van der Waals surface area contributed by atoms with E-state index in [0.717, 1.165) is 31.4 Å². The highest BCUT2D eigenvalue weighted by atomic mass is 35.5. The quantitative estimate of drug-likeness (QED) is 0.801. The normalized spacial score (nSPS) is 19.7. The number of hydrogen-bond donors (Lipinski definition) is 1. The molecule has 28 heavy (non-hydrogen) atoms. The van der Waals surface area contributed by atoms with Crippen molar-refractivity contribution in [2.24, 2.45) is 5.73 Å². The molecular weight excluding hydrogens is 395 g/mol. The number of rotatable bonds is 2. The van der Waals surface area contributed by atoms with Crippen molar-refractivity contribution >= 4 is 24.2 Å². The van der Waals surface area contributed by atoms with Gasteiger partial charge in [0.05, 0.1) is 11.1 Å². The Hall–Kier alpha value is -1.80. The minimum Gasteiger partial charge on any atom is -0.338 e. The van der Waals surface area contributed by atoms with Crippen LogP contribution in [0.4, 0.5) is 13.2 Å². The molecule has 5 nitrogen and oxygen atoms in total. The van der Waals surface area contributed by atoms with Gasteiger partial charge in [-0.2, -0.15) is 13.2 Å². The van der Waals surface area contributed by atoms with Crippen LogP contribution >= 0.6 is 12.4 Å². The summed E-state index contributed by atoms with van der Waals surface area (Å²) in [7, 11) is 0. The fraction of sp³-hybridized carbons (Fsp3) is 0.579. The highest BCUT2D eigenvalue weighted by molar-refractivity contribution is 5.94. The maximum atomic E-state index is 12.8. The maximum absolute atomic E-state index is 12.8. The molecule has 0 spiro atoms. The summed E-state index contributed by atoms with van der Waals surface area (Å²) in [6.07, 6.45) is -0.167. The minimum atomic E-state index is -4.49. The lowest BCUT2D eigenvalue weighted by Gasteiger charge is -2.41. The number of benzene rings is 1. The van der Waals surface area contributed by atoms with Gasteiger partial charge in [-0.05, 0) is 31.0 Å². The molecule has 1 aromatic rings. The molecule has 0 atom stereocenters. The van der Waals surface area contributed by atoms with Gasteiger partial charge >= 0.3 is 6.18 Å². The van der Waals surface area contributed by atoms with Gasteiger partial charge in [0.25, 0.3) is 5.91 Å². The van der Waals surface area contributed by atoms with Gasteiger partial charge in [0, 0.05) is 31.7 Å². The Morgan fingerprint density at radius 3 is 2.11 bits per heavy atom. The van der Waals surface area contributed by atoms with Crippen LogP contribution < -0.4 is 5.73 Å². The Morgan fingerprint density at radius 1 is 0.964 bits per heavy atom. The Morgan fingerprint density at radius 2 is 1.54 bits per heavy atom. The maximum Gasteiger partial charge on any atom is 0.416 e. The van der Waals surface area contributed by atoms with Crippen LogP contribution in [0.5, 0.6) is 0 Å². The number of carbonyl (C=O) groups is 2. The first kappa shape index (κ1) is 22.5. The lowest BCUT2D eigenvalue weighted by molar-refractivity contribution is -0.140. The first-order chi connectivity index (χ1) is 12.7. The number of halogens is 4. The van der Waals surface area contributed by atoms with Crippen molar-refractivity contribution < 1.29 is 22.8 Å². The molecule has 1 heterocycles. The van der Waals surface area contributed by atoms with E-state index in [0.29, 0.717) is 25.9 Å². The van der Waals surface area contributed by atoms with E-state index < -0.39 is 23.2 Å². The van der Waals surface area contributed by atoms with Crippen LogP contribution in [-0.2, 0) is 11.0 Å².